The minimum Gasteiger partial charge on any atom is -0.509 e. The molecular formula is C60H60F3N4OPt-3. The second-order valence-corrected chi connectivity index (χ2v) is 21.2. The van der Waals surface area contributed by atoms with Crippen molar-refractivity contribution >= 4 is 44.6 Å². The number of fused-ring (bicyclic) bond motifs is 4. The minimum absolute atomic E-state index is 0. The summed E-state index contributed by atoms with van der Waals surface area (Å²) >= 11 is 0. The van der Waals surface area contributed by atoms with Gasteiger partial charge in [-0.25, -0.2) is 4.98 Å². The maximum absolute atomic E-state index is 14.4. The standard InChI is InChI=1S/C60H60F3N4O.Pt/c1-36(2)40-27-50(37(3)4)57(51(28-40)38(5)6)39-25-26-64-56(29-39)67-53-32-43(60(61,62)63)19-22-48(53)49-23-21-47(34-54(49)67)68-46-18-14-17-45(33-46)66-35-65(44-16-13-15-41(30-44)58(7,8)9)52-24-20-42(31-55(52)66)59(10,11)12;/h13-32,35-38H,1-12H3;/q-3;. The summed E-state index contributed by atoms with van der Waals surface area (Å²) in [6.45, 7) is 28.7. The Morgan fingerprint density at radius 3 is 1.88 bits per heavy atom. The summed E-state index contributed by atoms with van der Waals surface area (Å²) in [5.74, 6) is 2.14. The molecule has 0 unspecified atom stereocenters. The summed E-state index contributed by atoms with van der Waals surface area (Å²) < 4.78 is 51.7. The molecule has 0 N–H and O–H groups in total. The Balaban J connectivity index is 0.00000642. The van der Waals surface area contributed by atoms with Gasteiger partial charge in [-0.2, -0.15) is 25.3 Å². The minimum atomic E-state index is -4.55. The third-order valence-corrected chi connectivity index (χ3v) is 13.2. The van der Waals surface area contributed by atoms with Crippen LogP contribution in [0.2, 0.25) is 0 Å². The smallest absolute Gasteiger partial charge is 0.416 e. The van der Waals surface area contributed by atoms with E-state index >= 15 is 0 Å². The number of ether oxygens (including phenoxy) is 1. The molecule has 9 heteroatoms. The quantitative estimate of drug-likeness (QED) is 0.135. The van der Waals surface area contributed by atoms with Gasteiger partial charge in [-0.05, 0) is 115 Å². The van der Waals surface area contributed by atoms with E-state index in [1.54, 1.807) is 16.8 Å². The van der Waals surface area contributed by atoms with Gasteiger partial charge in [0.25, 0.3) is 0 Å². The molecule has 0 amide bonds. The van der Waals surface area contributed by atoms with Crippen LogP contribution in [-0.4, -0.2) is 9.55 Å². The van der Waals surface area contributed by atoms with Gasteiger partial charge in [-0.1, -0.05) is 131 Å². The van der Waals surface area contributed by atoms with Crippen LogP contribution in [0, 0.1) is 18.8 Å². The van der Waals surface area contributed by atoms with Crippen LogP contribution in [0.1, 0.15) is 134 Å². The van der Waals surface area contributed by atoms with Crippen LogP contribution in [0.4, 0.5) is 35.9 Å². The van der Waals surface area contributed by atoms with Crippen molar-refractivity contribution in [2.75, 3.05) is 9.80 Å². The predicted molar refractivity (Wildman–Crippen MR) is 274 cm³/mol. The number of pyridine rings is 1. The number of hydrogen-bond acceptors (Lipinski definition) is 4. The molecule has 0 spiro atoms. The number of anilines is 4. The van der Waals surface area contributed by atoms with Crippen LogP contribution < -0.4 is 14.5 Å². The van der Waals surface area contributed by atoms with Crippen LogP contribution in [0.15, 0.2) is 121 Å². The van der Waals surface area contributed by atoms with E-state index in [-0.39, 0.29) is 43.7 Å². The molecule has 360 valence electrons. The number of alkyl halides is 3. The van der Waals surface area contributed by atoms with E-state index in [1.165, 1.54) is 33.9 Å². The molecule has 5 nitrogen and oxygen atoms in total. The van der Waals surface area contributed by atoms with E-state index in [2.05, 4.69) is 166 Å². The third kappa shape index (κ3) is 9.59. The summed E-state index contributed by atoms with van der Waals surface area (Å²) in [4.78, 5) is 9.22. The van der Waals surface area contributed by atoms with E-state index in [0.29, 0.717) is 39.7 Å². The van der Waals surface area contributed by atoms with Crippen LogP contribution in [0.25, 0.3) is 38.8 Å². The van der Waals surface area contributed by atoms with Crippen LogP contribution >= 0.6 is 0 Å². The fourth-order valence-electron chi connectivity index (χ4n) is 9.28. The molecule has 0 bridgehead atoms. The zero-order valence-electron chi connectivity index (χ0n) is 41.5. The van der Waals surface area contributed by atoms with Crippen LogP contribution in [0.5, 0.6) is 11.5 Å². The second kappa shape index (κ2) is 18.5. The van der Waals surface area contributed by atoms with Crippen molar-refractivity contribution in [3.63, 3.8) is 0 Å². The monoisotopic (exact) mass is 1100 g/mol. The molecule has 0 saturated carbocycles. The number of aromatic nitrogens is 2. The van der Waals surface area contributed by atoms with Crippen molar-refractivity contribution in [2.45, 2.75) is 118 Å². The van der Waals surface area contributed by atoms with Gasteiger partial charge in [0.15, 0.2) is 0 Å². The maximum atomic E-state index is 14.4. The molecule has 69 heavy (non-hydrogen) atoms. The van der Waals surface area contributed by atoms with Crippen molar-refractivity contribution in [3.05, 3.63) is 174 Å². The third-order valence-electron chi connectivity index (χ3n) is 13.2. The van der Waals surface area contributed by atoms with Crippen LogP contribution in [0.3, 0.4) is 0 Å². The maximum Gasteiger partial charge on any atom is 0.416 e. The van der Waals surface area contributed by atoms with Crippen molar-refractivity contribution < 1.29 is 39.0 Å². The first-order valence-electron chi connectivity index (χ1n) is 23.7. The van der Waals surface area contributed by atoms with Crippen molar-refractivity contribution in [2.24, 2.45) is 0 Å². The predicted octanol–water partition coefficient (Wildman–Crippen LogP) is 17.6. The molecule has 8 aromatic rings. The Hall–Kier alpha value is -5.85. The Morgan fingerprint density at radius 2 is 1.23 bits per heavy atom. The molecule has 0 fully saturated rings. The molecule has 3 heterocycles. The average Bonchev–Trinajstić information content (AvgIpc) is 3.83. The van der Waals surface area contributed by atoms with Crippen molar-refractivity contribution in [1.29, 1.82) is 0 Å². The van der Waals surface area contributed by atoms with Gasteiger partial charge < -0.3 is 19.1 Å². The first kappa shape index (κ1) is 49.6. The molecule has 1 aliphatic rings. The Bertz CT molecular complexity index is 3180. The number of benzene rings is 6. The van der Waals surface area contributed by atoms with E-state index in [1.807, 2.05) is 42.5 Å². The first-order valence-corrected chi connectivity index (χ1v) is 23.7. The van der Waals surface area contributed by atoms with E-state index in [0.717, 1.165) is 45.3 Å². The Kier molecular flexibility index (Phi) is 13.3. The number of nitrogens with zero attached hydrogens (tertiary/aromatic N) is 4. The second-order valence-electron chi connectivity index (χ2n) is 21.2. The number of halogens is 3. The van der Waals surface area contributed by atoms with Gasteiger partial charge in [-0.15, -0.1) is 48.1 Å². The van der Waals surface area contributed by atoms with Gasteiger partial charge in [0.05, 0.1) is 5.56 Å². The molecule has 0 radical (unpaired) electrons. The Morgan fingerprint density at radius 1 is 0.594 bits per heavy atom. The molecule has 0 aliphatic carbocycles. The van der Waals surface area contributed by atoms with Crippen molar-refractivity contribution in [1.82, 2.24) is 9.55 Å². The number of rotatable bonds is 9. The molecular weight excluding hydrogens is 1040 g/mol. The fourth-order valence-corrected chi connectivity index (χ4v) is 9.28. The topological polar surface area (TPSA) is 33.5 Å². The average molecular weight is 1110 g/mol. The summed E-state index contributed by atoms with van der Waals surface area (Å²) in [6.07, 6.45) is -2.79. The molecule has 1 aliphatic heterocycles. The normalized spacial score (nSPS) is 13.3. The summed E-state index contributed by atoms with van der Waals surface area (Å²) in [5, 5.41) is 1.38. The fraction of sp³-hybridized carbons (Fsp3) is 0.300. The van der Waals surface area contributed by atoms with Crippen molar-refractivity contribution in [3.8, 4) is 28.4 Å². The molecule has 0 saturated heterocycles. The van der Waals surface area contributed by atoms with Gasteiger partial charge >= 0.3 is 6.18 Å². The summed E-state index contributed by atoms with van der Waals surface area (Å²) in [7, 11) is 0. The molecule has 0 atom stereocenters. The molecule has 2 aromatic heterocycles. The zero-order valence-corrected chi connectivity index (χ0v) is 43.8. The Labute approximate surface area is 420 Å². The summed E-state index contributed by atoms with van der Waals surface area (Å²) in [5.41, 5.74) is 12.3. The zero-order chi connectivity index (χ0) is 48.6. The summed E-state index contributed by atoms with van der Waals surface area (Å²) in [6, 6.07) is 44.4. The van der Waals surface area contributed by atoms with Gasteiger partial charge in [0, 0.05) is 61.3 Å². The van der Waals surface area contributed by atoms with E-state index in [9.17, 15) is 13.2 Å². The SMILES string of the molecule is CC(C)c1cc(C(C)C)c(-c2ccnc(-n3c4[c-]c(Oc5[c-]c(N6[CH-]N(c7cccc(C(C)(C)C)c7)c7ccc(C(C)(C)C)cc76)ccc5)ccc4c4ccc(C(F)(F)F)cc43)c2)c(C(C)C)c1.[Pt]. The number of hydrogen-bond donors (Lipinski definition) is 0. The van der Waals surface area contributed by atoms with E-state index in [4.69, 9.17) is 9.72 Å². The van der Waals surface area contributed by atoms with Gasteiger partial charge in [0.1, 0.15) is 5.82 Å². The molecule has 9 rings (SSSR count). The van der Waals surface area contributed by atoms with Crippen LogP contribution in [-0.2, 0) is 38.1 Å². The van der Waals surface area contributed by atoms with Gasteiger partial charge in [0.2, 0.25) is 0 Å². The van der Waals surface area contributed by atoms with E-state index < -0.39 is 11.7 Å². The molecule has 6 aromatic carbocycles. The first-order chi connectivity index (χ1) is 32.1. The van der Waals surface area contributed by atoms with Gasteiger partial charge in [-0.3, -0.25) is 0 Å². The largest absolute Gasteiger partial charge is 0.509 e.